The number of nitrogens with zero attached hydrogens (tertiary/aromatic N) is 3. The first-order chi connectivity index (χ1) is 12.0. The summed E-state index contributed by atoms with van der Waals surface area (Å²) in [6.45, 7) is 1.18. The number of esters is 1. The predicted octanol–water partition coefficient (Wildman–Crippen LogP) is 3.48. The third-order valence-corrected chi connectivity index (χ3v) is 3.13. The van der Waals surface area contributed by atoms with E-state index in [0.717, 1.165) is 17.7 Å². The van der Waals surface area contributed by atoms with Crippen molar-refractivity contribution < 1.29 is 18.7 Å². The van der Waals surface area contributed by atoms with Crippen LogP contribution in [0, 0.1) is 17.1 Å². The van der Waals surface area contributed by atoms with Gasteiger partial charge in [-0.05, 0) is 24.6 Å². The van der Waals surface area contributed by atoms with Crippen LogP contribution in [0.4, 0.5) is 10.1 Å². The first kappa shape index (κ1) is 17.9. The second-order valence-electron chi connectivity index (χ2n) is 5.13. The van der Waals surface area contributed by atoms with E-state index in [1.54, 1.807) is 30.3 Å². The molecule has 2 aromatic carbocycles. The van der Waals surface area contributed by atoms with E-state index in [1.807, 2.05) is 6.07 Å². The average Bonchev–Trinajstić information content (AvgIpc) is 2.60. The molecule has 0 saturated heterocycles. The number of benzene rings is 2. The molecule has 0 amide bonds. The van der Waals surface area contributed by atoms with E-state index >= 15 is 0 Å². The molecule has 0 bridgehead atoms. The average molecular weight is 339 g/mol. The van der Waals surface area contributed by atoms with Crippen molar-refractivity contribution in [3.63, 3.8) is 0 Å². The largest absolute Gasteiger partial charge is 0.459 e. The Labute approximate surface area is 143 Å². The van der Waals surface area contributed by atoms with Gasteiger partial charge in [-0.25, -0.2) is 9.18 Å². The Kier molecular flexibility index (Phi) is 6.07. The van der Waals surface area contributed by atoms with Crippen LogP contribution >= 0.6 is 0 Å². The van der Waals surface area contributed by atoms with Gasteiger partial charge in [0.1, 0.15) is 12.4 Å². The zero-order chi connectivity index (χ0) is 18.2. The van der Waals surface area contributed by atoms with E-state index in [2.05, 4.69) is 10.2 Å². The van der Waals surface area contributed by atoms with Crippen molar-refractivity contribution in [2.24, 2.45) is 10.2 Å². The molecule has 0 aliphatic rings. The molecule has 7 heteroatoms. The predicted molar refractivity (Wildman–Crippen MR) is 86.3 cm³/mol. The smallest absolute Gasteiger partial charge is 0.340 e. The molecule has 0 saturated carbocycles. The number of azo groups is 1. The third-order valence-electron chi connectivity index (χ3n) is 3.13. The van der Waals surface area contributed by atoms with E-state index in [0.29, 0.717) is 0 Å². The first-order valence-electron chi connectivity index (χ1n) is 7.32. The van der Waals surface area contributed by atoms with Crippen LogP contribution in [0.2, 0.25) is 0 Å². The van der Waals surface area contributed by atoms with Crippen molar-refractivity contribution >= 4 is 17.4 Å². The number of halogens is 1. The fraction of sp³-hybridized carbons (Fsp3) is 0.167. The van der Waals surface area contributed by atoms with Crippen LogP contribution in [0.3, 0.4) is 0 Å². The molecule has 1 unspecified atom stereocenters. The molecular weight excluding hydrogens is 325 g/mol. The second-order valence-corrected chi connectivity index (χ2v) is 5.13. The van der Waals surface area contributed by atoms with Gasteiger partial charge >= 0.3 is 5.97 Å². The van der Waals surface area contributed by atoms with Gasteiger partial charge in [-0.3, -0.25) is 4.79 Å². The minimum atomic E-state index is -1.45. The highest BCUT2D eigenvalue weighted by Gasteiger charge is 2.24. The molecule has 0 aliphatic carbocycles. The molecule has 0 heterocycles. The molecule has 1 atom stereocenters. The zero-order valence-corrected chi connectivity index (χ0v) is 13.3. The van der Waals surface area contributed by atoms with E-state index in [-0.39, 0.29) is 17.9 Å². The molecular formula is C18H14FN3O3. The van der Waals surface area contributed by atoms with Gasteiger partial charge in [-0.15, -0.1) is 0 Å². The third kappa shape index (κ3) is 5.32. The molecule has 0 aromatic heterocycles. The van der Waals surface area contributed by atoms with Crippen molar-refractivity contribution in [2.75, 3.05) is 0 Å². The molecule has 0 N–H and O–H groups in total. The van der Waals surface area contributed by atoms with Crippen LogP contribution in [0.15, 0.2) is 58.8 Å². The molecule has 0 aliphatic heterocycles. The van der Waals surface area contributed by atoms with Gasteiger partial charge in [0.2, 0.25) is 6.04 Å². The number of hydrogen-bond acceptors (Lipinski definition) is 6. The van der Waals surface area contributed by atoms with Gasteiger partial charge < -0.3 is 4.74 Å². The van der Waals surface area contributed by atoms with Gasteiger partial charge in [0.15, 0.2) is 5.78 Å². The van der Waals surface area contributed by atoms with Gasteiger partial charge in [0.25, 0.3) is 0 Å². The highest BCUT2D eigenvalue weighted by Crippen LogP contribution is 2.18. The van der Waals surface area contributed by atoms with Crippen molar-refractivity contribution in [2.45, 2.75) is 19.6 Å². The summed E-state index contributed by atoms with van der Waals surface area (Å²) in [4.78, 5) is 23.7. The van der Waals surface area contributed by atoms with Gasteiger partial charge in [-0.1, -0.05) is 30.3 Å². The standard InChI is InChI=1S/C18H14FN3O3/c1-12(23)17(18(24)25-11-13-5-3-2-4-6-13)22-21-16-8-14(10-20)7-15(19)9-16/h2-9,17H,11H2,1H3. The number of hydrogen-bond donors (Lipinski definition) is 0. The number of rotatable bonds is 6. The molecule has 0 fully saturated rings. The minimum Gasteiger partial charge on any atom is -0.459 e. The van der Waals surface area contributed by atoms with Crippen molar-refractivity contribution in [1.29, 1.82) is 5.26 Å². The number of Topliss-reactive ketones (excluding diaryl/α,β-unsaturated/α-hetero) is 1. The fourth-order valence-corrected chi connectivity index (χ4v) is 1.92. The molecule has 2 aromatic rings. The maximum Gasteiger partial charge on any atom is 0.340 e. The highest BCUT2D eigenvalue weighted by atomic mass is 19.1. The molecule has 0 radical (unpaired) electrons. The molecule has 25 heavy (non-hydrogen) atoms. The summed E-state index contributed by atoms with van der Waals surface area (Å²) in [5.74, 6) is -2.07. The number of nitriles is 1. The van der Waals surface area contributed by atoms with Crippen LogP contribution in [0.5, 0.6) is 0 Å². The van der Waals surface area contributed by atoms with Gasteiger partial charge in [0.05, 0.1) is 17.3 Å². The van der Waals surface area contributed by atoms with E-state index in [9.17, 15) is 14.0 Å². The van der Waals surface area contributed by atoms with Crippen LogP contribution in [0.25, 0.3) is 0 Å². The Hall–Kier alpha value is -3.40. The first-order valence-corrected chi connectivity index (χ1v) is 7.32. The minimum absolute atomic E-state index is 0.00246. The highest BCUT2D eigenvalue weighted by molar-refractivity contribution is 6.02. The lowest BCUT2D eigenvalue weighted by Gasteiger charge is -2.08. The molecule has 126 valence electrons. The van der Waals surface area contributed by atoms with Crippen LogP contribution in [-0.4, -0.2) is 17.8 Å². The SMILES string of the molecule is CC(=O)C(N=Nc1cc(F)cc(C#N)c1)C(=O)OCc1ccccc1. The summed E-state index contributed by atoms with van der Waals surface area (Å²) in [6.07, 6.45) is 0. The normalized spacial score (nSPS) is 11.7. The van der Waals surface area contributed by atoms with E-state index < -0.39 is 23.6 Å². The molecule has 0 spiro atoms. The Morgan fingerprint density at radius 2 is 1.96 bits per heavy atom. The van der Waals surface area contributed by atoms with Crippen molar-refractivity contribution in [1.82, 2.24) is 0 Å². The summed E-state index contributed by atoms with van der Waals surface area (Å²) >= 11 is 0. The number of carbonyl (C=O) groups excluding carboxylic acids is 2. The number of ether oxygens (including phenoxy) is 1. The maximum atomic E-state index is 13.4. The zero-order valence-electron chi connectivity index (χ0n) is 13.3. The van der Waals surface area contributed by atoms with Crippen molar-refractivity contribution in [3.05, 3.63) is 65.5 Å². The number of carbonyl (C=O) groups is 2. The molecule has 6 nitrogen and oxygen atoms in total. The monoisotopic (exact) mass is 339 g/mol. The van der Waals surface area contributed by atoms with E-state index in [4.69, 9.17) is 10.00 Å². The van der Waals surface area contributed by atoms with Crippen LogP contribution in [0.1, 0.15) is 18.1 Å². The maximum absolute atomic E-state index is 13.4. The van der Waals surface area contributed by atoms with Crippen molar-refractivity contribution in [3.8, 4) is 6.07 Å². The van der Waals surface area contributed by atoms with Crippen LogP contribution < -0.4 is 0 Å². The number of ketones is 1. The topological polar surface area (TPSA) is 91.9 Å². The summed E-state index contributed by atoms with van der Waals surface area (Å²) in [5, 5.41) is 16.1. The lowest BCUT2D eigenvalue weighted by molar-refractivity contribution is -0.148. The summed E-state index contributed by atoms with van der Waals surface area (Å²) in [6, 6.07) is 12.7. The lowest BCUT2D eigenvalue weighted by atomic mass is 10.2. The fourth-order valence-electron chi connectivity index (χ4n) is 1.92. The van der Waals surface area contributed by atoms with Gasteiger partial charge in [0, 0.05) is 6.07 Å². The second kappa shape index (κ2) is 8.45. The van der Waals surface area contributed by atoms with Crippen LogP contribution in [-0.2, 0) is 20.9 Å². The van der Waals surface area contributed by atoms with E-state index in [1.165, 1.54) is 13.0 Å². The summed E-state index contributed by atoms with van der Waals surface area (Å²) in [5.41, 5.74) is 0.845. The molecule has 2 rings (SSSR count). The Morgan fingerprint density at radius 1 is 1.24 bits per heavy atom. The Morgan fingerprint density at radius 3 is 2.60 bits per heavy atom. The Bertz CT molecular complexity index is 844. The lowest BCUT2D eigenvalue weighted by Crippen LogP contribution is -2.28. The summed E-state index contributed by atoms with van der Waals surface area (Å²) < 4.78 is 18.4. The van der Waals surface area contributed by atoms with Gasteiger partial charge in [-0.2, -0.15) is 15.5 Å². The quantitative estimate of drug-likeness (QED) is 0.457. The Balaban J connectivity index is 2.10. The summed E-state index contributed by atoms with van der Waals surface area (Å²) in [7, 11) is 0.